The first-order valence-electron chi connectivity index (χ1n) is 7.57. The highest BCUT2D eigenvalue weighted by Crippen LogP contribution is 2.38. The smallest absolute Gasteiger partial charge is 0.221 e. The van der Waals surface area contributed by atoms with Crippen LogP contribution in [0.15, 0.2) is 24.3 Å². The predicted octanol–water partition coefficient (Wildman–Crippen LogP) is 3.51. The second kappa shape index (κ2) is 6.40. The number of hydrogen-bond acceptors (Lipinski definition) is 2. The van der Waals surface area contributed by atoms with Crippen molar-refractivity contribution in [1.29, 1.82) is 0 Å². The Hall–Kier alpha value is -1.35. The Morgan fingerprint density at radius 2 is 2.05 bits per heavy atom. The van der Waals surface area contributed by atoms with Crippen molar-refractivity contribution in [3.05, 3.63) is 29.8 Å². The van der Waals surface area contributed by atoms with E-state index >= 15 is 0 Å². The van der Waals surface area contributed by atoms with Crippen molar-refractivity contribution < 1.29 is 4.79 Å². The molecule has 3 heteroatoms. The van der Waals surface area contributed by atoms with Crippen molar-refractivity contribution in [3.8, 4) is 0 Å². The number of carbonyl (C=O) groups is 1. The molecule has 3 nitrogen and oxygen atoms in total. The van der Waals surface area contributed by atoms with Gasteiger partial charge in [0.1, 0.15) is 0 Å². The molecule has 110 valence electrons. The zero-order chi connectivity index (χ0) is 14.7. The SMILES string of the molecule is CC(=O)Nc1ccccc1CN(C[C@@H]1C[C@H]1C)C(C)C. The lowest BCUT2D eigenvalue weighted by Gasteiger charge is -2.27. The Morgan fingerprint density at radius 3 is 2.60 bits per heavy atom. The quantitative estimate of drug-likeness (QED) is 0.861. The minimum absolute atomic E-state index is 0.00985. The third kappa shape index (κ3) is 4.07. The van der Waals surface area contributed by atoms with E-state index in [0.717, 1.165) is 30.6 Å². The maximum Gasteiger partial charge on any atom is 0.221 e. The fraction of sp³-hybridized carbons (Fsp3) is 0.588. The average Bonchev–Trinajstić information content (AvgIpc) is 3.05. The highest BCUT2D eigenvalue weighted by Gasteiger charge is 2.34. The summed E-state index contributed by atoms with van der Waals surface area (Å²) >= 11 is 0. The number of hydrogen-bond donors (Lipinski definition) is 1. The second-order valence-corrected chi connectivity index (χ2v) is 6.33. The molecule has 1 amide bonds. The number of carbonyl (C=O) groups excluding carboxylic acids is 1. The molecule has 2 rings (SSSR count). The molecule has 0 aliphatic heterocycles. The van der Waals surface area contributed by atoms with E-state index in [0.29, 0.717) is 6.04 Å². The van der Waals surface area contributed by atoms with Crippen molar-refractivity contribution >= 4 is 11.6 Å². The molecule has 2 atom stereocenters. The Labute approximate surface area is 122 Å². The van der Waals surface area contributed by atoms with Crippen molar-refractivity contribution in [2.75, 3.05) is 11.9 Å². The molecule has 0 heterocycles. The van der Waals surface area contributed by atoms with Gasteiger partial charge in [0.05, 0.1) is 0 Å². The van der Waals surface area contributed by atoms with E-state index in [9.17, 15) is 4.79 Å². The molecule has 1 aliphatic rings. The van der Waals surface area contributed by atoms with Gasteiger partial charge in [-0.2, -0.15) is 0 Å². The molecule has 0 saturated heterocycles. The lowest BCUT2D eigenvalue weighted by Crippen LogP contribution is -2.32. The number of anilines is 1. The van der Waals surface area contributed by atoms with Crippen LogP contribution in [0, 0.1) is 11.8 Å². The predicted molar refractivity (Wildman–Crippen MR) is 83.6 cm³/mol. The zero-order valence-electron chi connectivity index (χ0n) is 13.0. The Kier molecular flexibility index (Phi) is 4.81. The summed E-state index contributed by atoms with van der Waals surface area (Å²) in [5.41, 5.74) is 2.14. The molecular formula is C17H26N2O. The maximum atomic E-state index is 11.3. The molecule has 0 radical (unpaired) electrons. The number of benzene rings is 1. The van der Waals surface area contributed by atoms with Crippen LogP contribution < -0.4 is 5.32 Å². The molecule has 0 bridgehead atoms. The first-order valence-corrected chi connectivity index (χ1v) is 7.57. The van der Waals surface area contributed by atoms with E-state index in [1.165, 1.54) is 12.0 Å². The summed E-state index contributed by atoms with van der Waals surface area (Å²) in [6.07, 6.45) is 1.36. The van der Waals surface area contributed by atoms with Crippen LogP contribution in [-0.2, 0) is 11.3 Å². The summed E-state index contributed by atoms with van der Waals surface area (Å²) in [6.45, 7) is 10.4. The fourth-order valence-electron chi connectivity index (χ4n) is 2.60. The second-order valence-electron chi connectivity index (χ2n) is 6.33. The molecule has 0 spiro atoms. The monoisotopic (exact) mass is 274 g/mol. The van der Waals surface area contributed by atoms with Gasteiger partial charge in [-0.25, -0.2) is 0 Å². The zero-order valence-corrected chi connectivity index (χ0v) is 13.0. The molecule has 0 unspecified atom stereocenters. The van der Waals surface area contributed by atoms with Crippen molar-refractivity contribution in [2.24, 2.45) is 11.8 Å². The molecule has 1 fully saturated rings. The summed E-state index contributed by atoms with van der Waals surface area (Å²) in [7, 11) is 0. The molecule has 0 aromatic heterocycles. The first kappa shape index (κ1) is 15.0. The van der Waals surface area contributed by atoms with Crippen LogP contribution in [0.3, 0.4) is 0 Å². The third-order valence-electron chi connectivity index (χ3n) is 4.18. The number of amides is 1. The lowest BCUT2D eigenvalue weighted by atomic mass is 10.1. The van der Waals surface area contributed by atoms with Crippen LogP contribution in [0.25, 0.3) is 0 Å². The molecular weight excluding hydrogens is 248 g/mol. The Balaban J connectivity index is 2.07. The van der Waals surface area contributed by atoms with Crippen LogP contribution in [0.2, 0.25) is 0 Å². The van der Waals surface area contributed by atoms with Crippen LogP contribution in [0.1, 0.15) is 39.7 Å². The molecule has 1 aliphatic carbocycles. The van der Waals surface area contributed by atoms with Gasteiger partial charge in [-0.3, -0.25) is 9.69 Å². The lowest BCUT2D eigenvalue weighted by molar-refractivity contribution is -0.114. The van der Waals surface area contributed by atoms with Gasteiger partial charge < -0.3 is 5.32 Å². The van der Waals surface area contributed by atoms with E-state index in [1.807, 2.05) is 18.2 Å². The van der Waals surface area contributed by atoms with E-state index in [4.69, 9.17) is 0 Å². The van der Waals surface area contributed by atoms with Gasteiger partial charge in [-0.15, -0.1) is 0 Å². The normalized spacial score (nSPS) is 21.3. The average molecular weight is 274 g/mol. The fourth-order valence-corrected chi connectivity index (χ4v) is 2.60. The number of para-hydroxylation sites is 1. The summed E-state index contributed by atoms with van der Waals surface area (Å²) in [5.74, 6) is 1.72. The van der Waals surface area contributed by atoms with Crippen LogP contribution in [-0.4, -0.2) is 23.4 Å². The molecule has 1 saturated carbocycles. The number of nitrogens with zero attached hydrogens (tertiary/aromatic N) is 1. The van der Waals surface area contributed by atoms with Crippen LogP contribution >= 0.6 is 0 Å². The topological polar surface area (TPSA) is 32.3 Å². The van der Waals surface area contributed by atoms with Crippen molar-refractivity contribution in [2.45, 2.75) is 46.7 Å². The summed E-state index contributed by atoms with van der Waals surface area (Å²) < 4.78 is 0. The van der Waals surface area contributed by atoms with Crippen molar-refractivity contribution in [3.63, 3.8) is 0 Å². The van der Waals surface area contributed by atoms with Crippen molar-refractivity contribution in [1.82, 2.24) is 4.90 Å². The van der Waals surface area contributed by atoms with E-state index in [-0.39, 0.29) is 5.91 Å². The third-order valence-corrected chi connectivity index (χ3v) is 4.18. The standard InChI is InChI=1S/C17H26N2O/c1-12(2)19(11-16-9-13(16)3)10-15-7-5-6-8-17(15)18-14(4)20/h5-8,12-13,16H,9-11H2,1-4H3,(H,18,20)/t13-,16+/m1/s1. The largest absolute Gasteiger partial charge is 0.326 e. The highest BCUT2D eigenvalue weighted by atomic mass is 16.1. The van der Waals surface area contributed by atoms with E-state index in [1.54, 1.807) is 6.92 Å². The molecule has 20 heavy (non-hydrogen) atoms. The van der Waals surface area contributed by atoms with Crippen LogP contribution in [0.4, 0.5) is 5.69 Å². The summed E-state index contributed by atoms with van der Waals surface area (Å²) in [5, 5.41) is 2.93. The molecule has 1 N–H and O–H groups in total. The summed E-state index contributed by atoms with van der Waals surface area (Å²) in [4.78, 5) is 13.8. The van der Waals surface area contributed by atoms with Gasteiger partial charge in [-0.05, 0) is 43.7 Å². The van der Waals surface area contributed by atoms with Gasteiger partial charge >= 0.3 is 0 Å². The maximum absolute atomic E-state index is 11.3. The Morgan fingerprint density at radius 1 is 1.40 bits per heavy atom. The Bertz CT molecular complexity index is 470. The molecule has 1 aromatic carbocycles. The highest BCUT2D eigenvalue weighted by molar-refractivity contribution is 5.89. The first-order chi connectivity index (χ1) is 9.47. The van der Waals surface area contributed by atoms with Gasteiger partial charge in [0.15, 0.2) is 0 Å². The van der Waals surface area contributed by atoms with Gasteiger partial charge in [0, 0.05) is 31.7 Å². The minimum atomic E-state index is -0.00985. The number of rotatable bonds is 6. The van der Waals surface area contributed by atoms with Gasteiger partial charge in [-0.1, -0.05) is 25.1 Å². The minimum Gasteiger partial charge on any atom is -0.326 e. The summed E-state index contributed by atoms with van der Waals surface area (Å²) in [6, 6.07) is 8.62. The molecule has 1 aromatic rings. The van der Waals surface area contributed by atoms with E-state index < -0.39 is 0 Å². The van der Waals surface area contributed by atoms with Crippen LogP contribution in [0.5, 0.6) is 0 Å². The number of nitrogens with one attached hydrogen (secondary N) is 1. The van der Waals surface area contributed by atoms with E-state index in [2.05, 4.69) is 37.1 Å². The van der Waals surface area contributed by atoms with Gasteiger partial charge in [0.25, 0.3) is 0 Å². The van der Waals surface area contributed by atoms with Gasteiger partial charge in [0.2, 0.25) is 5.91 Å².